The fraction of sp³-hybridized carbons (Fsp3) is 0.286. The highest BCUT2D eigenvalue weighted by Crippen LogP contribution is 2.31. The van der Waals surface area contributed by atoms with Crippen LogP contribution in [0.4, 0.5) is 4.39 Å². The fourth-order valence-corrected chi connectivity index (χ4v) is 2.88. The summed E-state index contributed by atoms with van der Waals surface area (Å²) in [6, 6.07) is 6.30. The zero-order chi connectivity index (χ0) is 14.0. The van der Waals surface area contributed by atoms with E-state index in [1.54, 1.807) is 6.07 Å². The molecule has 0 bridgehead atoms. The maximum Gasteiger partial charge on any atom is 0.192 e. The molecule has 19 heavy (non-hydrogen) atoms. The van der Waals surface area contributed by atoms with Crippen LogP contribution in [0.5, 0.6) is 0 Å². The first kappa shape index (κ1) is 14.0. The van der Waals surface area contributed by atoms with E-state index in [1.165, 1.54) is 23.9 Å². The standard InChI is InChI=1S/C14H16FN3S/c1-8-6-9(2)18-14(17-8)19-13-5-4-11(15)7-12(13)10(3)16/h4-7,10H,16H2,1-3H3. The predicted molar refractivity (Wildman–Crippen MR) is 74.6 cm³/mol. The van der Waals surface area contributed by atoms with E-state index < -0.39 is 0 Å². The molecule has 2 rings (SSSR count). The lowest BCUT2D eigenvalue weighted by Crippen LogP contribution is -2.07. The van der Waals surface area contributed by atoms with Crippen molar-refractivity contribution < 1.29 is 4.39 Å². The molecule has 0 aliphatic heterocycles. The van der Waals surface area contributed by atoms with Crippen molar-refractivity contribution in [1.82, 2.24) is 9.97 Å². The van der Waals surface area contributed by atoms with Crippen molar-refractivity contribution in [3.8, 4) is 0 Å². The summed E-state index contributed by atoms with van der Waals surface area (Å²) >= 11 is 1.41. The second kappa shape index (κ2) is 5.67. The van der Waals surface area contributed by atoms with Gasteiger partial charge < -0.3 is 5.73 Å². The summed E-state index contributed by atoms with van der Waals surface area (Å²) < 4.78 is 13.3. The summed E-state index contributed by atoms with van der Waals surface area (Å²) in [5, 5.41) is 0.658. The van der Waals surface area contributed by atoms with Crippen molar-refractivity contribution in [3.05, 3.63) is 47.0 Å². The van der Waals surface area contributed by atoms with Crippen molar-refractivity contribution in [2.75, 3.05) is 0 Å². The van der Waals surface area contributed by atoms with E-state index in [-0.39, 0.29) is 11.9 Å². The number of benzene rings is 1. The molecule has 2 aromatic rings. The Morgan fingerprint density at radius 3 is 2.37 bits per heavy atom. The van der Waals surface area contributed by atoms with Gasteiger partial charge in [0.1, 0.15) is 5.82 Å². The van der Waals surface area contributed by atoms with Gasteiger partial charge in [0.05, 0.1) is 0 Å². The average Bonchev–Trinajstić information content (AvgIpc) is 2.30. The topological polar surface area (TPSA) is 51.8 Å². The minimum atomic E-state index is -0.280. The normalized spacial score (nSPS) is 12.5. The van der Waals surface area contributed by atoms with Gasteiger partial charge in [-0.2, -0.15) is 0 Å². The van der Waals surface area contributed by atoms with E-state index in [4.69, 9.17) is 5.73 Å². The van der Waals surface area contributed by atoms with Crippen LogP contribution < -0.4 is 5.73 Å². The summed E-state index contributed by atoms with van der Waals surface area (Å²) in [4.78, 5) is 9.63. The SMILES string of the molecule is Cc1cc(C)nc(Sc2ccc(F)cc2C(C)N)n1. The number of halogens is 1. The number of nitrogens with two attached hydrogens (primary N) is 1. The zero-order valence-corrected chi connectivity index (χ0v) is 12.0. The number of aromatic nitrogens is 2. The molecule has 0 saturated heterocycles. The Balaban J connectivity index is 2.37. The molecule has 0 saturated carbocycles. The van der Waals surface area contributed by atoms with Gasteiger partial charge in [-0.05, 0) is 62.4 Å². The van der Waals surface area contributed by atoms with E-state index in [0.717, 1.165) is 21.8 Å². The van der Waals surface area contributed by atoms with Gasteiger partial charge >= 0.3 is 0 Å². The number of aryl methyl sites for hydroxylation is 2. The molecule has 100 valence electrons. The van der Waals surface area contributed by atoms with E-state index in [9.17, 15) is 4.39 Å². The predicted octanol–water partition coefficient (Wildman–Crippen LogP) is 3.40. The molecule has 1 aromatic heterocycles. The molecule has 0 aliphatic carbocycles. The highest BCUT2D eigenvalue weighted by molar-refractivity contribution is 7.99. The summed E-state index contributed by atoms with van der Waals surface area (Å²) in [5.41, 5.74) is 8.48. The first-order valence-electron chi connectivity index (χ1n) is 6.01. The lowest BCUT2D eigenvalue weighted by Gasteiger charge is -2.12. The Hall–Kier alpha value is -1.46. The third kappa shape index (κ3) is 3.52. The average molecular weight is 277 g/mol. The van der Waals surface area contributed by atoms with Crippen LogP contribution in [0.15, 0.2) is 34.3 Å². The molecular weight excluding hydrogens is 261 g/mol. The van der Waals surface area contributed by atoms with E-state index in [0.29, 0.717) is 5.16 Å². The Labute approximate surface area is 116 Å². The van der Waals surface area contributed by atoms with Crippen LogP contribution >= 0.6 is 11.8 Å². The van der Waals surface area contributed by atoms with Gasteiger partial charge in [-0.3, -0.25) is 0 Å². The minimum Gasteiger partial charge on any atom is -0.324 e. The van der Waals surface area contributed by atoms with Gasteiger partial charge in [-0.15, -0.1) is 0 Å². The van der Waals surface area contributed by atoms with Gasteiger partial charge in [0.2, 0.25) is 0 Å². The lowest BCUT2D eigenvalue weighted by atomic mass is 10.1. The van der Waals surface area contributed by atoms with Gasteiger partial charge in [-0.1, -0.05) is 0 Å². The molecule has 0 aliphatic rings. The van der Waals surface area contributed by atoms with Crippen molar-refractivity contribution in [3.63, 3.8) is 0 Å². The third-order valence-electron chi connectivity index (χ3n) is 2.63. The largest absolute Gasteiger partial charge is 0.324 e. The molecule has 1 aromatic carbocycles. The van der Waals surface area contributed by atoms with Gasteiger partial charge in [0.15, 0.2) is 5.16 Å². The van der Waals surface area contributed by atoms with Gasteiger partial charge in [0.25, 0.3) is 0 Å². The minimum absolute atomic E-state index is 0.232. The molecule has 0 amide bonds. The molecule has 3 nitrogen and oxygen atoms in total. The van der Waals surface area contributed by atoms with E-state index in [1.807, 2.05) is 26.8 Å². The molecule has 2 N–H and O–H groups in total. The second-order valence-electron chi connectivity index (χ2n) is 4.51. The molecule has 1 atom stereocenters. The lowest BCUT2D eigenvalue weighted by molar-refractivity contribution is 0.619. The molecular formula is C14H16FN3S. The molecule has 5 heteroatoms. The molecule has 0 fully saturated rings. The van der Waals surface area contributed by atoms with E-state index >= 15 is 0 Å². The molecule has 0 radical (unpaired) electrons. The van der Waals surface area contributed by atoms with Crippen LogP contribution in [-0.4, -0.2) is 9.97 Å². The molecule has 1 heterocycles. The van der Waals surface area contributed by atoms with Crippen molar-refractivity contribution >= 4 is 11.8 Å². The number of nitrogens with zero attached hydrogens (tertiary/aromatic N) is 2. The fourth-order valence-electron chi connectivity index (χ4n) is 1.81. The monoisotopic (exact) mass is 277 g/mol. The summed E-state index contributed by atoms with van der Waals surface area (Å²) in [6.45, 7) is 5.69. The van der Waals surface area contributed by atoms with Crippen LogP contribution in [0.3, 0.4) is 0 Å². The Bertz CT molecular complexity index is 579. The highest BCUT2D eigenvalue weighted by atomic mass is 32.2. The van der Waals surface area contributed by atoms with Crippen LogP contribution in [0.1, 0.15) is 29.9 Å². The first-order chi connectivity index (χ1) is 8.95. The van der Waals surface area contributed by atoms with Crippen LogP contribution in [0, 0.1) is 19.7 Å². The summed E-state index contributed by atoms with van der Waals surface area (Å²) in [7, 11) is 0. The Kier molecular flexibility index (Phi) is 4.17. The Morgan fingerprint density at radius 1 is 1.16 bits per heavy atom. The van der Waals surface area contributed by atoms with Crippen LogP contribution in [0.2, 0.25) is 0 Å². The third-order valence-corrected chi connectivity index (χ3v) is 3.58. The maximum absolute atomic E-state index is 13.3. The van der Waals surface area contributed by atoms with Crippen molar-refractivity contribution in [2.45, 2.75) is 36.9 Å². The smallest absolute Gasteiger partial charge is 0.192 e. The Morgan fingerprint density at radius 2 is 1.79 bits per heavy atom. The van der Waals surface area contributed by atoms with Gasteiger partial charge in [-0.25, -0.2) is 14.4 Å². The molecule has 1 unspecified atom stereocenters. The second-order valence-corrected chi connectivity index (χ2v) is 5.52. The molecule has 0 spiro atoms. The highest BCUT2D eigenvalue weighted by Gasteiger charge is 2.11. The number of hydrogen-bond acceptors (Lipinski definition) is 4. The maximum atomic E-state index is 13.3. The van der Waals surface area contributed by atoms with Crippen LogP contribution in [0.25, 0.3) is 0 Å². The summed E-state index contributed by atoms with van der Waals surface area (Å²) in [6.07, 6.45) is 0. The zero-order valence-electron chi connectivity index (χ0n) is 11.1. The van der Waals surface area contributed by atoms with Gasteiger partial charge in [0, 0.05) is 22.3 Å². The van der Waals surface area contributed by atoms with Crippen molar-refractivity contribution in [2.24, 2.45) is 5.73 Å². The summed E-state index contributed by atoms with van der Waals surface area (Å²) in [5.74, 6) is -0.280. The number of hydrogen-bond donors (Lipinski definition) is 1. The first-order valence-corrected chi connectivity index (χ1v) is 6.82. The number of rotatable bonds is 3. The quantitative estimate of drug-likeness (QED) is 0.874. The van der Waals surface area contributed by atoms with Crippen molar-refractivity contribution in [1.29, 1.82) is 0 Å². The van der Waals surface area contributed by atoms with E-state index in [2.05, 4.69) is 9.97 Å². The van der Waals surface area contributed by atoms with Crippen LogP contribution in [-0.2, 0) is 0 Å².